The van der Waals surface area contributed by atoms with Crippen molar-refractivity contribution in [2.24, 2.45) is 11.8 Å². The van der Waals surface area contributed by atoms with Crippen LogP contribution in [-0.4, -0.2) is 81.3 Å². The smallest absolute Gasteiger partial charge is 0.262 e. The number of piperidine rings is 1. The minimum absolute atomic E-state index is 0.0527. The number of para-hydroxylation sites is 2. The Labute approximate surface area is 267 Å². The van der Waals surface area contributed by atoms with Gasteiger partial charge in [-0.3, -0.25) is 34.0 Å². The lowest BCUT2D eigenvalue weighted by molar-refractivity contribution is -0.149. The van der Waals surface area contributed by atoms with E-state index in [9.17, 15) is 19.2 Å². The molecule has 0 radical (unpaired) electrons. The molecule has 3 aromatic rings. The highest BCUT2D eigenvalue weighted by Gasteiger charge is 2.46. The molecule has 3 N–H and O–H groups in total. The number of likely N-dealkylation sites (N-methyl/N-ethyl adjacent to an activating group) is 1. The number of carbonyl (C=O) groups excluding carboxylic acids is 4. The van der Waals surface area contributed by atoms with Gasteiger partial charge in [0, 0.05) is 50.2 Å². The first-order valence-corrected chi connectivity index (χ1v) is 16.4. The zero-order chi connectivity index (χ0) is 31.9. The van der Waals surface area contributed by atoms with Gasteiger partial charge < -0.3 is 16.0 Å². The number of likely N-dealkylation sites (tertiary alicyclic amines) is 1. The van der Waals surface area contributed by atoms with Gasteiger partial charge in [-0.15, -0.1) is 0 Å². The minimum atomic E-state index is -0.948. The lowest BCUT2D eigenvalue weighted by atomic mass is 9.77. The van der Waals surface area contributed by atoms with Crippen LogP contribution >= 0.6 is 0 Å². The molecule has 1 saturated heterocycles. The third-order valence-corrected chi connectivity index (χ3v) is 10.0. The Morgan fingerprint density at radius 3 is 2.54 bits per heavy atom. The van der Waals surface area contributed by atoms with Crippen LogP contribution in [0.1, 0.15) is 83.7 Å². The molecule has 11 nitrogen and oxygen atoms in total. The highest BCUT2D eigenvalue weighted by Crippen LogP contribution is 2.37. The Kier molecular flexibility index (Phi) is 8.10. The number of hydrogen-bond donors (Lipinski definition) is 3. The first-order valence-electron chi connectivity index (χ1n) is 16.4. The lowest BCUT2D eigenvalue weighted by Crippen LogP contribution is -2.54. The predicted octanol–water partition coefficient (Wildman–Crippen LogP) is 4.15. The fourth-order valence-corrected chi connectivity index (χ4v) is 7.03. The molecule has 1 aromatic heterocycles. The maximum Gasteiger partial charge on any atom is 0.262 e. The van der Waals surface area contributed by atoms with E-state index in [2.05, 4.69) is 15.6 Å². The number of carbonyl (C=O) groups is 4. The zero-order valence-electron chi connectivity index (χ0n) is 26.0. The average molecular weight is 622 g/mol. The van der Waals surface area contributed by atoms with Crippen LogP contribution < -0.4 is 10.6 Å². The normalized spacial score (nSPS) is 23.5. The van der Waals surface area contributed by atoms with Crippen LogP contribution in [0.15, 0.2) is 48.7 Å². The van der Waals surface area contributed by atoms with Gasteiger partial charge in [-0.05, 0) is 87.1 Å². The molecular formula is C35H39N7O4. The summed E-state index contributed by atoms with van der Waals surface area (Å²) in [6.45, 7) is 1.45. The van der Waals surface area contributed by atoms with E-state index in [4.69, 9.17) is 10.4 Å². The van der Waals surface area contributed by atoms with E-state index in [1.54, 1.807) is 18.2 Å². The van der Waals surface area contributed by atoms with Crippen molar-refractivity contribution in [1.29, 1.82) is 5.41 Å². The summed E-state index contributed by atoms with van der Waals surface area (Å²) in [5.41, 5.74) is 4.74. The zero-order valence-corrected chi connectivity index (χ0v) is 26.0. The van der Waals surface area contributed by atoms with Crippen molar-refractivity contribution in [2.75, 3.05) is 25.5 Å². The summed E-state index contributed by atoms with van der Waals surface area (Å²) in [5.74, 6) is -0.824. The fourth-order valence-electron chi connectivity index (χ4n) is 7.03. The maximum atomic E-state index is 13.2. The van der Waals surface area contributed by atoms with E-state index in [-0.39, 0.29) is 35.8 Å². The van der Waals surface area contributed by atoms with Crippen LogP contribution in [-0.2, 0) is 9.59 Å². The quantitative estimate of drug-likeness (QED) is 0.155. The predicted molar refractivity (Wildman–Crippen MR) is 173 cm³/mol. The summed E-state index contributed by atoms with van der Waals surface area (Å²) < 4.78 is 0. The summed E-state index contributed by atoms with van der Waals surface area (Å²) in [6.07, 6.45) is 8.59. The van der Waals surface area contributed by atoms with Crippen LogP contribution in [0.25, 0.3) is 11.0 Å². The van der Waals surface area contributed by atoms with Gasteiger partial charge >= 0.3 is 0 Å². The van der Waals surface area contributed by atoms with Gasteiger partial charge in [-0.1, -0.05) is 12.1 Å². The van der Waals surface area contributed by atoms with Gasteiger partial charge in [0.15, 0.2) is 0 Å². The maximum absolute atomic E-state index is 13.2. The van der Waals surface area contributed by atoms with E-state index >= 15 is 0 Å². The fraction of sp³-hybridized carbons (Fsp3) is 0.457. The van der Waals surface area contributed by atoms with Gasteiger partial charge in [-0.25, -0.2) is 4.98 Å². The molecule has 2 aliphatic carbocycles. The van der Waals surface area contributed by atoms with Crippen molar-refractivity contribution >= 4 is 46.1 Å². The second kappa shape index (κ2) is 12.4. The first-order chi connectivity index (χ1) is 22.3. The minimum Gasteiger partial charge on any atom is -0.385 e. The van der Waals surface area contributed by atoms with Crippen LogP contribution in [0.4, 0.5) is 5.69 Å². The number of aromatic nitrogens is 2. The van der Waals surface area contributed by atoms with Crippen molar-refractivity contribution in [3.05, 3.63) is 65.5 Å². The van der Waals surface area contributed by atoms with Crippen LogP contribution in [0, 0.1) is 17.2 Å². The van der Waals surface area contributed by atoms with Crippen LogP contribution in [0.3, 0.4) is 0 Å². The van der Waals surface area contributed by atoms with Gasteiger partial charge in [0.05, 0.1) is 33.8 Å². The number of nitrogens with zero attached hydrogens (tertiary/aromatic N) is 4. The standard InChI is InChI=1S/C35H39N7O4/c1-41-31(43)13-12-30(35(41)46)42-33(44)24-11-10-22(17-25(24)34(42)45)37-14-4-5-20-15-23(16-20)38-18-26(32(36)21-8-9-21)29-19-39-27-6-2-3-7-28(27)40-29/h2-3,6-7,10-11,17,19-21,23,26,30,36-38H,4-5,8-9,12-16,18H2,1H3. The Morgan fingerprint density at radius 2 is 1.76 bits per heavy atom. The van der Waals surface area contributed by atoms with Gasteiger partial charge in [0.1, 0.15) is 6.04 Å². The highest BCUT2D eigenvalue weighted by molar-refractivity contribution is 6.23. The van der Waals surface area contributed by atoms with E-state index in [1.807, 2.05) is 30.5 Å². The molecule has 2 saturated carbocycles. The molecule has 3 heterocycles. The molecule has 7 rings (SSSR count). The molecule has 2 aliphatic heterocycles. The summed E-state index contributed by atoms with van der Waals surface area (Å²) >= 11 is 0. The van der Waals surface area contributed by atoms with E-state index in [0.29, 0.717) is 24.4 Å². The van der Waals surface area contributed by atoms with Crippen LogP contribution in [0.5, 0.6) is 0 Å². The van der Waals surface area contributed by atoms with Crippen molar-refractivity contribution in [1.82, 2.24) is 25.1 Å². The van der Waals surface area contributed by atoms with E-state index in [0.717, 1.165) is 83.0 Å². The third kappa shape index (κ3) is 5.79. The number of fused-ring (bicyclic) bond motifs is 2. The average Bonchev–Trinajstić information content (AvgIpc) is 3.87. The number of benzene rings is 2. The number of nitrogens with one attached hydrogen (secondary N) is 3. The first kappa shape index (κ1) is 30.2. The monoisotopic (exact) mass is 621 g/mol. The largest absolute Gasteiger partial charge is 0.385 e. The second-order valence-electron chi connectivity index (χ2n) is 13.2. The molecular weight excluding hydrogens is 582 g/mol. The number of imide groups is 2. The van der Waals surface area contributed by atoms with E-state index < -0.39 is 23.8 Å². The van der Waals surface area contributed by atoms with Crippen molar-refractivity contribution < 1.29 is 19.2 Å². The Morgan fingerprint density at radius 1 is 1.00 bits per heavy atom. The molecule has 3 fully saturated rings. The Balaban J connectivity index is 0.868. The van der Waals surface area contributed by atoms with Crippen molar-refractivity contribution in [2.45, 2.75) is 69.4 Å². The molecule has 0 spiro atoms. The molecule has 2 unspecified atom stereocenters. The lowest BCUT2D eigenvalue weighted by Gasteiger charge is -2.37. The molecule has 4 amide bonds. The van der Waals surface area contributed by atoms with Crippen molar-refractivity contribution in [3.8, 4) is 0 Å². The van der Waals surface area contributed by atoms with Gasteiger partial charge in [-0.2, -0.15) is 0 Å². The second-order valence-corrected chi connectivity index (χ2v) is 13.2. The number of amides is 4. The van der Waals surface area contributed by atoms with Crippen molar-refractivity contribution in [3.63, 3.8) is 0 Å². The van der Waals surface area contributed by atoms with Gasteiger partial charge in [0.25, 0.3) is 17.7 Å². The summed E-state index contributed by atoms with van der Waals surface area (Å²) in [6, 6.07) is 12.5. The molecule has 11 heteroatoms. The number of hydrogen-bond acceptors (Lipinski definition) is 9. The van der Waals surface area contributed by atoms with Gasteiger partial charge in [0.2, 0.25) is 5.91 Å². The Bertz CT molecular complexity index is 1730. The number of rotatable bonds is 12. The Hall–Kier alpha value is -4.51. The highest BCUT2D eigenvalue weighted by atomic mass is 16.2. The SMILES string of the molecule is CN1C(=O)CCC(N2C(=O)c3ccc(NCCCC4CC(NCC(C(=N)C5CC5)c5cnc6ccccc6n5)C4)cc3C2=O)C1=O. The summed E-state index contributed by atoms with van der Waals surface area (Å²) in [5, 5.41) is 15.9. The molecule has 4 aliphatic rings. The molecule has 2 aromatic carbocycles. The summed E-state index contributed by atoms with van der Waals surface area (Å²) in [4.78, 5) is 62.2. The third-order valence-electron chi connectivity index (χ3n) is 10.0. The molecule has 46 heavy (non-hydrogen) atoms. The molecule has 0 bridgehead atoms. The molecule has 2 atom stereocenters. The van der Waals surface area contributed by atoms with Crippen LogP contribution in [0.2, 0.25) is 0 Å². The summed E-state index contributed by atoms with van der Waals surface area (Å²) in [7, 11) is 1.39. The number of anilines is 1. The van der Waals surface area contributed by atoms with E-state index in [1.165, 1.54) is 7.05 Å². The molecule has 238 valence electrons. The topological polar surface area (TPSA) is 148 Å².